The Hall–Kier alpha value is -0.120. The van der Waals surface area contributed by atoms with E-state index in [1.165, 1.54) is 12.8 Å². The summed E-state index contributed by atoms with van der Waals surface area (Å²) in [7, 11) is 0. The van der Waals surface area contributed by atoms with Gasteiger partial charge in [-0.1, -0.05) is 20.3 Å². The molecule has 0 rings (SSSR count). The van der Waals surface area contributed by atoms with E-state index in [1.54, 1.807) is 6.92 Å². The standard InChI is InChI=1S/C6H8Cl2O2.C4H11N/c1-2-4(6(8)10)3-5(7)9;1-2-3-4-5/h4H,2-3H2,1H3;2-5H2,1H3. The number of hydrogen-bond acceptors (Lipinski definition) is 3. The van der Waals surface area contributed by atoms with Crippen LogP contribution in [-0.4, -0.2) is 17.0 Å². The molecule has 0 radical (unpaired) electrons. The topological polar surface area (TPSA) is 60.2 Å². The maximum Gasteiger partial charge on any atom is 0.225 e. The predicted molar refractivity (Wildman–Crippen MR) is 64.1 cm³/mol. The molecule has 0 aromatic rings. The molecule has 0 aliphatic rings. The van der Waals surface area contributed by atoms with E-state index in [0.717, 1.165) is 6.54 Å². The van der Waals surface area contributed by atoms with E-state index in [9.17, 15) is 9.59 Å². The molecule has 0 fully saturated rings. The smallest absolute Gasteiger partial charge is 0.225 e. The third kappa shape index (κ3) is 13.9. The van der Waals surface area contributed by atoms with Gasteiger partial charge in [0, 0.05) is 12.3 Å². The van der Waals surface area contributed by atoms with Crippen molar-refractivity contribution in [3.63, 3.8) is 0 Å². The van der Waals surface area contributed by atoms with Crippen molar-refractivity contribution in [1.29, 1.82) is 0 Å². The largest absolute Gasteiger partial charge is 0.330 e. The van der Waals surface area contributed by atoms with E-state index in [1.807, 2.05) is 0 Å². The van der Waals surface area contributed by atoms with Gasteiger partial charge in [0.25, 0.3) is 0 Å². The van der Waals surface area contributed by atoms with E-state index in [0.29, 0.717) is 6.42 Å². The van der Waals surface area contributed by atoms with Crippen molar-refractivity contribution >= 4 is 33.7 Å². The van der Waals surface area contributed by atoms with Gasteiger partial charge in [-0.05, 0) is 42.6 Å². The van der Waals surface area contributed by atoms with Crippen molar-refractivity contribution in [2.24, 2.45) is 11.7 Å². The SMILES string of the molecule is CCC(CC(=O)Cl)C(=O)Cl.CCCCN. The van der Waals surface area contributed by atoms with Crippen LogP contribution in [0.25, 0.3) is 0 Å². The Bertz CT molecular complexity index is 184. The minimum absolute atomic E-state index is 0.0421. The number of halogens is 2. The number of carbonyl (C=O) groups is 2. The number of unbranched alkanes of at least 4 members (excludes halogenated alkanes) is 1. The lowest BCUT2D eigenvalue weighted by Gasteiger charge is -2.03. The van der Waals surface area contributed by atoms with Gasteiger partial charge < -0.3 is 5.73 Å². The minimum Gasteiger partial charge on any atom is -0.330 e. The number of rotatable bonds is 6. The normalized spacial score (nSPS) is 11.3. The van der Waals surface area contributed by atoms with E-state index >= 15 is 0 Å². The van der Waals surface area contributed by atoms with Crippen molar-refractivity contribution in [3.05, 3.63) is 0 Å². The molecule has 15 heavy (non-hydrogen) atoms. The summed E-state index contributed by atoms with van der Waals surface area (Å²) in [4.78, 5) is 20.7. The molecular formula is C10H19Cl2NO2. The third-order valence-corrected chi connectivity index (χ3v) is 2.24. The van der Waals surface area contributed by atoms with Crippen LogP contribution >= 0.6 is 23.2 Å². The highest BCUT2D eigenvalue weighted by Crippen LogP contribution is 2.13. The molecule has 0 aromatic carbocycles. The molecule has 90 valence electrons. The van der Waals surface area contributed by atoms with Gasteiger partial charge in [0.1, 0.15) is 0 Å². The average Bonchev–Trinajstić information content (AvgIpc) is 2.15. The Morgan fingerprint density at radius 3 is 1.87 bits per heavy atom. The van der Waals surface area contributed by atoms with Crippen molar-refractivity contribution in [2.45, 2.75) is 39.5 Å². The lowest BCUT2D eigenvalue weighted by molar-refractivity contribution is -0.119. The molecule has 1 unspecified atom stereocenters. The van der Waals surface area contributed by atoms with Crippen LogP contribution in [0.5, 0.6) is 0 Å². The van der Waals surface area contributed by atoms with Gasteiger partial charge in [-0.15, -0.1) is 0 Å². The second kappa shape index (κ2) is 12.0. The van der Waals surface area contributed by atoms with Crippen molar-refractivity contribution in [3.8, 4) is 0 Å². The summed E-state index contributed by atoms with van der Waals surface area (Å²) in [5, 5.41) is -1.00. The average molecular weight is 256 g/mol. The second-order valence-corrected chi connectivity index (χ2v) is 3.90. The Morgan fingerprint density at radius 2 is 1.80 bits per heavy atom. The van der Waals surface area contributed by atoms with Crippen LogP contribution in [0.3, 0.4) is 0 Å². The fourth-order valence-corrected chi connectivity index (χ4v) is 1.20. The first kappa shape index (κ1) is 17.3. The predicted octanol–water partition coefficient (Wildman–Crippen LogP) is 2.68. The van der Waals surface area contributed by atoms with E-state index in [4.69, 9.17) is 28.9 Å². The van der Waals surface area contributed by atoms with Crippen LogP contribution in [0.2, 0.25) is 0 Å². The molecule has 0 saturated heterocycles. The van der Waals surface area contributed by atoms with Crippen LogP contribution in [-0.2, 0) is 9.59 Å². The molecule has 0 amide bonds. The third-order valence-electron chi connectivity index (χ3n) is 1.78. The molecular weight excluding hydrogens is 237 g/mol. The summed E-state index contributed by atoms with van der Waals surface area (Å²) < 4.78 is 0. The van der Waals surface area contributed by atoms with Crippen molar-refractivity contribution < 1.29 is 9.59 Å². The Labute approximate surface area is 101 Å². The lowest BCUT2D eigenvalue weighted by Crippen LogP contribution is -2.10. The van der Waals surface area contributed by atoms with E-state index in [2.05, 4.69) is 6.92 Å². The second-order valence-electron chi connectivity index (χ2n) is 3.11. The van der Waals surface area contributed by atoms with E-state index in [-0.39, 0.29) is 6.42 Å². The van der Waals surface area contributed by atoms with Gasteiger partial charge in [0.2, 0.25) is 10.5 Å². The van der Waals surface area contributed by atoms with Crippen LogP contribution in [0.4, 0.5) is 0 Å². The first-order chi connectivity index (χ1) is 6.99. The minimum atomic E-state index is -0.513. The van der Waals surface area contributed by atoms with Crippen LogP contribution in [0, 0.1) is 5.92 Å². The van der Waals surface area contributed by atoms with Gasteiger partial charge in [-0.3, -0.25) is 9.59 Å². The van der Waals surface area contributed by atoms with Gasteiger partial charge in [0.15, 0.2) is 0 Å². The molecule has 3 nitrogen and oxygen atoms in total. The van der Waals surface area contributed by atoms with Crippen LogP contribution in [0.1, 0.15) is 39.5 Å². The zero-order valence-electron chi connectivity index (χ0n) is 9.26. The van der Waals surface area contributed by atoms with E-state index < -0.39 is 16.4 Å². The molecule has 1 atom stereocenters. The van der Waals surface area contributed by atoms with Gasteiger partial charge in [-0.2, -0.15) is 0 Å². The molecule has 0 bridgehead atoms. The van der Waals surface area contributed by atoms with Gasteiger partial charge in [-0.25, -0.2) is 0 Å². The van der Waals surface area contributed by atoms with Gasteiger partial charge in [0.05, 0.1) is 0 Å². The quantitative estimate of drug-likeness (QED) is 0.743. The summed E-state index contributed by atoms with van der Waals surface area (Å²) in [5.74, 6) is -0.410. The molecule has 2 N–H and O–H groups in total. The highest BCUT2D eigenvalue weighted by Gasteiger charge is 2.16. The Morgan fingerprint density at radius 1 is 1.27 bits per heavy atom. The number of hydrogen-bond donors (Lipinski definition) is 1. The molecule has 0 saturated carbocycles. The summed E-state index contributed by atoms with van der Waals surface area (Å²) in [6.07, 6.45) is 2.98. The van der Waals surface area contributed by atoms with Crippen LogP contribution < -0.4 is 5.73 Å². The Kier molecular flexibility index (Phi) is 13.8. The highest BCUT2D eigenvalue weighted by molar-refractivity contribution is 6.66. The fraction of sp³-hybridized carbons (Fsp3) is 0.800. The Balaban J connectivity index is 0. The van der Waals surface area contributed by atoms with Gasteiger partial charge >= 0.3 is 0 Å². The monoisotopic (exact) mass is 255 g/mol. The van der Waals surface area contributed by atoms with Crippen LogP contribution in [0.15, 0.2) is 0 Å². The molecule has 5 heteroatoms. The zero-order chi connectivity index (χ0) is 12.3. The van der Waals surface area contributed by atoms with Crippen molar-refractivity contribution in [2.75, 3.05) is 6.54 Å². The molecule has 0 aliphatic heterocycles. The fourth-order valence-electron chi connectivity index (χ4n) is 0.783. The summed E-state index contributed by atoms with van der Waals surface area (Å²) >= 11 is 10.2. The molecule has 0 aliphatic carbocycles. The first-order valence-corrected chi connectivity index (χ1v) is 5.82. The summed E-state index contributed by atoms with van der Waals surface area (Å²) in [5.41, 5.74) is 5.14. The maximum atomic E-state index is 10.5. The highest BCUT2D eigenvalue weighted by atomic mass is 35.5. The zero-order valence-corrected chi connectivity index (χ0v) is 10.8. The molecule has 0 aromatic heterocycles. The lowest BCUT2D eigenvalue weighted by atomic mass is 10.1. The first-order valence-electron chi connectivity index (χ1n) is 5.07. The summed E-state index contributed by atoms with van der Waals surface area (Å²) in [6.45, 7) is 4.76. The molecule has 0 spiro atoms. The number of nitrogens with two attached hydrogens (primary N) is 1. The maximum absolute atomic E-state index is 10.5. The summed E-state index contributed by atoms with van der Waals surface area (Å²) in [6, 6.07) is 0. The molecule has 0 heterocycles. The van der Waals surface area contributed by atoms with Crippen molar-refractivity contribution in [1.82, 2.24) is 0 Å². The number of carbonyl (C=O) groups excluding carboxylic acids is 2.